The van der Waals surface area contributed by atoms with E-state index in [2.05, 4.69) is 27.0 Å². The minimum absolute atomic E-state index is 0.00964. The first-order chi connectivity index (χ1) is 10.0. The van der Waals surface area contributed by atoms with E-state index >= 15 is 0 Å². The predicted octanol–water partition coefficient (Wildman–Crippen LogP) is 1.40. The van der Waals surface area contributed by atoms with Gasteiger partial charge in [-0.3, -0.25) is 5.43 Å². The summed E-state index contributed by atoms with van der Waals surface area (Å²) in [4.78, 5) is 7.72. The maximum atomic E-state index is 12.3. The fraction of sp³-hybridized carbons (Fsp3) is 0.692. The summed E-state index contributed by atoms with van der Waals surface area (Å²) < 4.78 is 27.3. The Kier molecular flexibility index (Phi) is 5.49. The number of hydrogen-bond acceptors (Lipinski definition) is 6. The van der Waals surface area contributed by atoms with Crippen LogP contribution >= 0.6 is 0 Å². The zero-order valence-electron chi connectivity index (χ0n) is 12.2. The van der Waals surface area contributed by atoms with Gasteiger partial charge in [-0.05, 0) is 31.6 Å². The number of anilines is 1. The van der Waals surface area contributed by atoms with Gasteiger partial charge in [0.2, 0.25) is 16.0 Å². The van der Waals surface area contributed by atoms with Gasteiger partial charge in [0, 0.05) is 6.04 Å². The number of nitrogens with one attached hydrogen (secondary N) is 2. The van der Waals surface area contributed by atoms with E-state index in [1.54, 1.807) is 0 Å². The van der Waals surface area contributed by atoms with E-state index in [1.165, 1.54) is 25.2 Å². The number of hydrogen-bond donors (Lipinski definition) is 3. The number of nitrogens with zero attached hydrogens (tertiary/aromatic N) is 2. The molecule has 0 aromatic carbocycles. The first-order valence-electron chi connectivity index (χ1n) is 7.36. The second kappa shape index (κ2) is 7.15. The van der Waals surface area contributed by atoms with E-state index in [0.29, 0.717) is 0 Å². The van der Waals surface area contributed by atoms with Crippen molar-refractivity contribution in [3.05, 3.63) is 12.4 Å². The molecule has 0 atom stereocenters. The molecular weight excluding hydrogens is 290 g/mol. The molecule has 8 heteroatoms. The van der Waals surface area contributed by atoms with Crippen LogP contribution < -0.4 is 16.0 Å². The molecule has 0 unspecified atom stereocenters. The molecule has 118 valence electrons. The van der Waals surface area contributed by atoms with Crippen LogP contribution in [0.5, 0.6) is 0 Å². The summed E-state index contributed by atoms with van der Waals surface area (Å²) in [6.45, 7) is 2.19. The summed E-state index contributed by atoms with van der Waals surface area (Å²) in [5.41, 5.74) is 2.27. The smallest absolute Gasteiger partial charge is 0.243 e. The van der Waals surface area contributed by atoms with Gasteiger partial charge >= 0.3 is 0 Å². The molecule has 0 saturated heterocycles. The topological polar surface area (TPSA) is 110 Å². The lowest BCUT2D eigenvalue weighted by Gasteiger charge is -2.28. The lowest BCUT2D eigenvalue weighted by molar-refractivity contribution is 0.297. The third kappa shape index (κ3) is 4.36. The number of rotatable bonds is 6. The lowest BCUT2D eigenvalue weighted by atomic mass is 9.84. The van der Waals surface area contributed by atoms with Crippen molar-refractivity contribution in [1.29, 1.82) is 0 Å². The molecule has 0 bridgehead atoms. The molecule has 1 aromatic rings. The maximum absolute atomic E-state index is 12.3. The Morgan fingerprint density at radius 1 is 1.24 bits per heavy atom. The average Bonchev–Trinajstić information content (AvgIpc) is 2.49. The van der Waals surface area contributed by atoms with E-state index in [9.17, 15) is 8.42 Å². The molecule has 1 aliphatic rings. The van der Waals surface area contributed by atoms with E-state index < -0.39 is 10.0 Å². The number of nitrogen functional groups attached to an aromatic ring is 1. The van der Waals surface area contributed by atoms with Crippen LogP contribution in [0.15, 0.2) is 17.3 Å². The Morgan fingerprint density at radius 3 is 2.38 bits per heavy atom. The van der Waals surface area contributed by atoms with Crippen molar-refractivity contribution in [3.63, 3.8) is 0 Å². The first-order valence-corrected chi connectivity index (χ1v) is 8.84. The largest absolute Gasteiger partial charge is 0.292 e. The molecular formula is C13H23N5O2S. The Balaban J connectivity index is 1.95. The summed E-state index contributed by atoms with van der Waals surface area (Å²) in [5, 5.41) is 0. The molecule has 0 amide bonds. The van der Waals surface area contributed by atoms with E-state index in [0.717, 1.165) is 31.6 Å². The molecule has 2 rings (SSSR count). The zero-order chi connectivity index (χ0) is 15.3. The third-order valence-corrected chi connectivity index (χ3v) is 5.41. The van der Waals surface area contributed by atoms with Crippen molar-refractivity contribution in [2.75, 3.05) is 5.43 Å². The maximum Gasteiger partial charge on any atom is 0.243 e. The fourth-order valence-electron chi connectivity index (χ4n) is 2.79. The van der Waals surface area contributed by atoms with Crippen LogP contribution in [0.25, 0.3) is 0 Å². The van der Waals surface area contributed by atoms with Crippen molar-refractivity contribution in [2.24, 2.45) is 11.8 Å². The minimum atomic E-state index is -3.56. The van der Waals surface area contributed by atoms with Gasteiger partial charge in [-0.1, -0.05) is 19.8 Å². The van der Waals surface area contributed by atoms with Crippen molar-refractivity contribution < 1.29 is 8.42 Å². The van der Waals surface area contributed by atoms with Gasteiger partial charge in [0.15, 0.2) is 0 Å². The Morgan fingerprint density at radius 2 is 1.86 bits per heavy atom. The van der Waals surface area contributed by atoms with Crippen LogP contribution in [0.3, 0.4) is 0 Å². The number of nitrogens with two attached hydrogens (primary N) is 1. The number of aromatic nitrogens is 2. The summed E-state index contributed by atoms with van der Waals surface area (Å²) in [7, 11) is -3.56. The van der Waals surface area contributed by atoms with Crippen LogP contribution in [-0.2, 0) is 10.0 Å². The number of sulfonamides is 1. The Labute approximate surface area is 125 Å². The quantitative estimate of drug-likeness (QED) is 0.541. The highest BCUT2D eigenvalue weighted by molar-refractivity contribution is 7.89. The Hall–Kier alpha value is -1.25. The molecule has 4 N–H and O–H groups in total. The van der Waals surface area contributed by atoms with E-state index in [-0.39, 0.29) is 16.9 Å². The standard InChI is InChI=1S/C13H23N5O2S/c1-2-3-10-4-6-11(7-5-10)18-21(19,20)12-8-15-13(17-14)16-9-12/h8-11,18H,2-7,14H2,1H3,(H,15,16,17). The molecule has 1 fully saturated rings. The van der Waals surface area contributed by atoms with Gasteiger partial charge in [-0.25, -0.2) is 29.0 Å². The highest BCUT2D eigenvalue weighted by Crippen LogP contribution is 2.28. The molecule has 1 aromatic heterocycles. The third-order valence-electron chi connectivity index (χ3n) is 3.93. The van der Waals surface area contributed by atoms with Crippen molar-refractivity contribution in [2.45, 2.75) is 56.4 Å². The van der Waals surface area contributed by atoms with Gasteiger partial charge in [0.1, 0.15) is 4.90 Å². The van der Waals surface area contributed by atoms with Crippen LogP contribution in [0.1, 0.15) is 45.4 Å². The van der Waals surface area contributed by atoms with E-state index in [4.69, 9.17) is 5.84 Å². The summed E-state index contributed by atoms with van der Waals surface area (Å²) in [5.74, 6) is 6.09. The van der Waals surface area contributed by atoms with Gasteiger partial charge in [-0.2, -0.15) is 0 Å². The molecule has 21 heavy (non-hydrogen) atoms. The number of hydrazine groups is 1. The van der Waals surface area contributed by atoms with Crippen LogP contribution in [0, 0.1) is 5.92 Å². The molecule has 1 heterocycles. The first kappa shape index (κ1) is 16.1. The molecule has 1 saturated carbocycles. The van der Waals surface area contributed by atoms with Crippen LogP contribution in [-0.4, -0.2) is 24.4 Å². The summed E-state index contributed by atoms with van der Waals surface area (Å²) in [6, 6.07) is 0.00964. The molecule has 1 aliphatic carbocycles. The van der Waals surface area contributed by atoms with Crippen molar-refractivity contribution in [1.82, 2.24) is 14.7 Å². The fourth-order valence-corrected chi connectivity index (χ4v) is 3.99. The van der Waals surface area contributed by atoms with Crippen LogP contribution in [0.2, 0.25) is 0 Å². The lowest BCUT2D eigenvalue weighted by Crippen LogP contribution is -2.37. The summed E-state index contributed by atoms with van der Waals surface area (Å²) in [6.07, 6.45) is 8.92. The zero-order valence-corrected chi connectivity index (χ0v) is 13.1. The normalized spacial score (nSPS) is 23.0. The monoisotopic (exact) mass is 313 g/mol. The van der Waals surface area contributed by atoms with Crippen molar-refractivity contribution in [3.8, 4) is 0 Å². The molecule has 0 spiro atoms. The second-order valence-electron chi connectivity index (χ2n) is 5.51. The van der Waals surface area contributed by atoms with Gasteiger partial charge < -0.3 is 0 Å². The highest BCUT2D eigenvalue weighted by Gasteiger charge is 2.25. The Bertz CT molecular complexity index is 538. The van der Waals surface area contributed by atoms with Gasteiger partial charge in [-0.15, -0.1) is 0 Å². The molecule has 0 aliphatic heterocycles. The summed E-state index contributed by atoms with van der Waals surface area (Å²) >= 11 is 0. The molecule has 0 radical (unpaired) electrons. The van der Waals surface area contributed by atoms with Gasteiger partial charge in [0.25, 0.3) is 0 Å². The minimum Gasteiger partial charge on any atom is -0.292 e. The second-order valence-corrected chi connectivity index (χ2v) is 7.23. The van der Waals surface area contributed by atoms with Crippen LogP contribution in [0.4, 0.5) is 5.95 Å². The molecule has 7 nitrogen and oxygen atoms in total. The van der Waals surface area contributed by atoms with Gasteiger partial charge in [0.05, 0.1) is 12.4 Å². The van der Waals surface area contributed by atoms with Crippen molar-refractivity contribution >= 4 is 16.0 Å². The SMILES string of the molecule is CCCC1CCC(NS(=O)(=O)c2cnc(NN)nc2)CC1. The predicted molar refractivity (Wildman–Crippen MR) is 80.8 cm³/mol. The van der Waals surface area contributed by atoms with E-state index in [1.807, 2.05) is 0 Å². The highest BCUT2D eigenvalue weighted by atomic mass is 32.2. The average molecular weight is 313 g/mol.